The normalized spacial score (nSPS) is 11.5. The number of rotatable bonds is 5. The van der Waals surface area contributed by atoms with Crippen LogP contribution in [0.25, 0.3) is 6.08 Å². The molecule has 0 N–H and O–H groups in total. The van der Waals surface area contributed by atoms with Gasteiger partial charge < -0.3 is 4.74 Å². The largest absolute Gasteiger partial charge is 0.454 e. The van der Waals surface area contributed by atoms with Crippen molar-refractivity contribution in [2.45, 2.75) is 6.18 Å². The Hall–Kier alpha value is -2.41. The van der Waals surface area contributed by atoms with Gasteiger partial charge in [0.1, 0.15) is 0 Å². The van der Waals surface area contributed by atoms with Gasteiger partial charge in [-0.1, -0.05) is 46.3 Å². The molecule has 2 aromatic rings. The first-order chi connectivity index (χ1) is 11.8. The molecule has 0 saturated carbocycles. The molecule has 0 aliphatic heterocycles. The first-order valence-electron chi connectivity index (χ1n) is 7.07. The van der Waals surface area contributed by atoms with Crippen LogP contribution in [0.15, 0.2) is 59.1 Å². The van der Waals surface area contributed by atoms with Gasteiger partial charge in [-0.3, -0.25) is 4.79 Å². The average molecular weight is 413 g/mol. The van der Waals surface area contributed by atoms with Crippen LogP contribution in [-0.2, 0) is 15.7 Å². The number of carbonyl (C=O) groups is 2. The molecule has 0 radical (unpaired) electrons. The molecule has 0 saturated heterocycles. The fourth-order valence-electron chi connectivity index (χ4n) is 1.93. The van der Waals surface area contributed by atoms with Crippen LogP contribution in [0.1, 0.15) is 21.5 Å². The molecule has 130 valence electrons. The van der Waals surface area contributed by atoms with Crippen LogP contribution in [0.2, 0.25) is 0 Å². The second-order valence-electron chi connectivity index (χ2n) is 4.97. The van der Waals surface area contributed by atoms with E-state index in [1.807, 2.05) is 0 Å². The van der Waals surface area contributed by atoms with E-state index in [2.05, 4.69) is 15.9 Å². The zero-order valence-electron chi connectivity index (χ0n) is 12.7. The van der Waals surface area contributed by atoms with Gasteiger partial charge in [0.25, 0.3) is 0 Å². The van der Waals surface area contributed by atoms with Gasteiger partial charge in [0, 0.05) is 16.1 Å². The van der Waals surface area contributed by atoms with Crippen LogP contribution < -0.4 is 0 Å². The van der Waals surface area contributed by atoms with Crippen molar-refractivity contribution in [1.82, 2.24) is 0 Å². The van der Waals surface area contributed by atoms with E-state index in [4.69, 9.17) is 4.74 Å². The van der Waals surface area contributed by atoms with Crippen LogP contribution in [0.4, 0.5) is 13.2 Å². The van der Waals surface area contributed by atoms with E-state index in [0.717, 1.165) is 18.2 Å². The number of benzene rings is 2. The third-order valence-corrected chi connectivity index (χ3v) is 3.84. The molecular weight excluding hydrogens is 401 g/mol. The Morgan fingerprint density at radius 2 is 1.80 bits per heavy atom. The van der Waals surface area contributed by atoms with Gasteiger partial charge in [-0.15, -0.1) is 0 Å². The van der Waals surface area contributed by atoms with Gasteiger partial charge in [-0.05, 0) is 29.8 Å². The summed E-state index contributed by atoms with van der Waals surface area (Å²) in [5.74, 6) is -1.22. The average Bonchev–Trinajstić information content (AvgIpc) is 2.58. The maximum absolute atomic E-state index is 12.6. The lowest BCUT2D eigenvalue weighted by Crippen LogP contribution is -2.13. The highest BCUT2D eigenvalue weighted by atomic mass is 79.9. The third kappa shape index (κ3) is 5.56. The third-order valence-electron chi connectivity index (χ3n) is 3.15. The van der Waals surface area contributed by atoms with Gasteiger partial charge >= 0.3 is 12.1 Å². The van der Waals surface area contributed by atoms with E-state index in [1.165, 1.54) is 18.2 Å². The fraction of sp³-hybridized carbons (Fsp3) is 0.111. The minimum atomic E-state index is -4.46. The van der Waals surface area contributed by atoms with Crippen LogP contribution in [0.3, 0.4) is 0 Å². The molecule has 0 heterocycles. The SMILES string of the molecule is O=C(/C=C/c1cccc(C(F)(F)F)c1)OCC(=O)c1ccccc1Br. The highest BCUT2D eigenvalue weighted by Gasteiger charge is 2.30. The topological polar surface area (TPSA) is 43.4 Å². The van der Waals surface area contributed by atoms with Gasteiger partial charge in [-0.2, -0.15) is 13.2 Å². The predicted molar refractivity (Wildman–Crippen MR) is 89.9 cm³/mol. The first kappa shape index (κ1) is 18.9. The van der Waals surface area contributed by atoms with Crippen LogP contribution in [-0.4, -0.2) is 18.4 Å². The molecule has 0 aromatic heterocycles. The van der Waals surface area contributed by atoms with Crippen molar-refractivity contribution < 1.29 is 27.5 Å². The Bertz CT molecular complexity index is 813. The van der Waals surface area contributed by atoms with Gasteiger partial charge in [0.05, 0.1) is 5.56 Å². The van der Waals surface area contributed by atoms with Crippen molar-refractivity contribution in [2.75, 3.05) is 6.61 Å². The number of halogens is 4. The summed E-state index contributed by atoms with van der Waals surface area (Å²) in [7, 11) is 0. The molecule has 2 rings (SSSR count). The number of ether oxygens (including phenoxy) is 1. The summed E-state index contributed by atoms with van der Waals surface area (Å²) < 4.78 is 43.2. The minimum Gasteiger partial charge on any atom is -0.454 e. The molecule has 25 heavy (non-hydrogen) atoms. The molecule has 3 nitrogen and oxygen atoms in total. The quantitative estimate of drug-likeness (QED) is 0.398. The van der Waals surface area contributed by atoms with E-state index in [1.54, 1.807) is 24.3 Å². The Labute approximate surface area is 150 Å². The van der Waals surface area contributed by atoms with Gasteiger partial charge in [-0.25, -0.2) is 4.79 Å². The molecular formula is C18H12BrF3O3. The molecule has 0 atom stereocenters. The number of hydrogen-bond acceptors (Lipinski definition) is 3. The summed E-state index contributed by atoms with van der Waals surface area (Å²) in [6, 6.07) is 11.2. The zero-order valence-corrected chi connectivity index (χ0v) is 14.3. The summed E-state index contributed by atoms with van der Waals surface area (Å²) in [5, 5.41) is 0. The fourth-order valence-corrected chi connectivity index (χ4v) is 2.44. The van der Waals surface area contributed by atoms with Gasteiger partial charge in [0.2, 0.25) is 5.78 Å². The molecule has 2 aromatic carbocycles. The van der Waals surface area contributed by atoms with Crippen molar-refractivity contribution in [3.05, 3.63) is 75.8 Å². The monoisotopic (exact) mass is 412 g/mol. The van der Waals surface area contributed by atoms with E-state index in [-0.39, 0.29) is 5.56 Å². The highest BCUT2D eigenvalue weighted by molar-refractivity contribution is 9.10. The highest BCUT2D eigenvalue weighted by Crippen LogP contribution is 2.29. The summed E-state index contributed by atoms with van der Waals surface area (Å²) in [6.07, 6.45) is -2.29. The van der Waals surface area contributed by atoms with Crippen LogP contribution in [0, 0.1) is 0 Å². The maximum atomic E-state index is 12.6. The standard InChI is InChI=1S/C18H12BrF3O3/c19-15-7-2-1-6-14(15)16(23)11-25-17(24)9-8-12-4-3-5-13(10-12)18(20,21)22/h1-10H,11H2/b9-8+. The second-order valence-corrected chi connectivity index (χ2v) is 5.82. The summed E-state index contributed by atoms with van der Waals surface area (Å²) in [5.41, 5.74) is -0.242. The number of Topliss-reactive ketones (excluding diaryl/α,β-unsaturated/α-hetero) is 1. The molecule has 0 bridgehead atoms. The van der Waals surface area contributed by atoms with Crippen molar-refractivity contribution in [3.63, 3.8) is 0 Å². The lowest BCUT2D eigenvalue weighted by atomic mass is 10.1. The van der Waals surface area contributed by atoms with Crippen molar-refractivity contribution >= 4 is 33.8 Å². The Kier molecular flexibility index (Phi) is 6.14. The smallest absolute Gasteiger partial charge is 0.416 e. The van der Waals surface area contributed by atoms with Gasteiger partial charge in [0.15, 0.2) is 6.61 Å². The van der Waals surface area contributed by atoms with E-state index in [9.17, 15) is 22.8 Å². The number of carbonyl (C=O) groups excluding carboxylic acids is 2. The number of ketones is 1. The zero-order chi connectivity index (χ0) is 18.4. The number of hydrogen-bond donors (Lipinski definition) is 0. The summed E-state index contributed by atoms with van der Waals surface area (Å²) in [6.45, 7) is -0.464. The van der Waals surface area contributed by atoms with Crippen LogP contribution in [0.5, 0.6) is 0 Å². The molecule has 0 spiro atoms. The lowest BCUT2D eigenvalue weighted by Gasteiger charge is -2.06. The Balaban J connectivity index is 1.95. The summed E-state index contributed by atoms with van der Waals surface area (Å²) >= 11 is 3.22. The molecule has 0 aliphatic rings. The molecule has 7 heteroatoms. The number of esters is 1. The van der Waals surface area contributed by atoms with E-state index in [0.29, 0.717) is 10.0 Å². The molecule has 0 aliphatic carbocycles. The second kappa shape index (κ2) is 8.11. The van der Waals surface area contributed by atoms with E-state index >= 15 is 0 Å². The minimum absolute atomic E-state index is 0.198. The summed E-state index contributed by atoms with van der Waals surface area (Å²) in [4.78, 5) is 23.6. The Morgan fingerprint density at radius 3 is 2.48 bits per heavy atom. The number of alkyl halides is 3. The van der Waals surface area contributed by atoms with Crippen molar-refractivity contribution in [1.29, 1.82) is 0 Å². The Morgan fingerprint density at radius 1 is 1.08 bits per heavy atom. The van der Waals surface area contributed by atoms with E-state index < -0.39 is 30.1 Å². The predicted octanol–water partition coefficient (Wildman–Crippen LogP) is 4.91. The van der Waals surface area contributed by atoms with Crippen LogP contribution >= 0.6 is 15.9 Å². The lowest BCUT2D eigenvalue weighted by molar-refractivity contribution is -0.138. The first-order valence-corrected chi connectivity index (χ1v) is 7.86. The maximum Gasteiger partial charge on any atom is 0.416 e. The molecule has 0 unspecified atom stereocenters. The molecule has 0 amide bonds. The molecule has 0 fully saturated rings. The van der Waals surface area contributed by atoms with Crippen molar-refractivity contribution in [3.8, 4) is 0 Å². The van der Waals surface area contributed by atoms with Crippen molar-refractivity contribution in [2.24, 2.45) is 0 Å².